The quantitative estimate of drug-likeness (QED) is 0.618. The number of aryl methyl sites for hydroxylation is 1. The van der Waals surface area contributed by atoms with Crippen LogP contribution in [0.4, 0.5) is 0 Å². The summed E-state index contributed by atoms with van der Waals surface area (Å²) in [5.41, 5.74) is 3.96. The highest BCUT2D eigenvalue weighted by Crippen LogP contribution is 2.57. The summed E-state index contributed by atoms with van der Waals surface area (Å²) in [4.78, 5) is 26.3. The number of aromatic nitrogens is 1. The van der Waals surface area contributed by atoms with Crippen molar-refractivity contribution in [2.24, 2.45) is 24.8 Å². The lowest BCUT2D eigenvalue weighted by molar-refractivity contribution is -0.226. The van der Waals surface area contributed by atoms with Crippen molar-refractivity contribution in [3.63, 3.8) is 0 Å². The van der Waals surface area contributed by atoms with Gasteiger partial charge in [-0.2, -0.15) is 0 Å². The zero-order chi connectivity index (χ0) is 18.9. The van der Waals surface area contributed by atoms with Gasteiger partial charge in [-0.25, -0.2) is 0 Å². The van der Waals surface area contributed by atoms with Crippen molar-refractivity contribution < 1.29 is 14.3 Å². The Balaban J connectivity index is 1.70. The lowest BCUT2D eigenvalue weighted by Crippen LogP contribution is -2.68. The number of fused-ring (bicyclic) bond motifs is 4. The summed E-state index contributed by atoms with van der Waals surface area (Å²) in [5.74, 6) is 0.296. The van der Waals surface area contributed by atoms with Crippen LogP contribution < -0.4 is 0 Å². The number of hydrogen-bond acceptors (Lipinski definition) is 4. The maximum Gasteiger partial charge on any atom is 0.304 e. The van der Waals surface area contributed by atoms with E-state index in [4.69, 9.17) is 4.74 Å². The fourth-order valence-corrected chi connectivity index (χ4v) is 6.36. The van der Waals surface area contributed by atoms with Gasteiger partial charge in [0.1, 0.15) is 6.29 Å². The number of ether oxygens (including phenoxy) is 1. The Kier molecular flexibility index (Phi) is 3.73. The molecule has 0 radical (unpaired) electrons. The van der Waals surface area contributed by atoms with E-state index in [2.05, 4.69) is 47.7 Å². The van der Waals surface area contributed by atoms with Gasteiger partial charge in [0.15, 0.2) is 6.23 Å². The van der Waals surface area contributed by atoms with Gasteiger partial charge < -0.3 is 14.1 Å². The Morgan fingerprint density at radius 2 is 2.11 bits per heavy atom. The molecule has 5 nitrogen and oxygen atoms in total. The zero-order valence-corrected chi connectivity index (χ0v) is 16.1. The largest absolute Gasteiger partial charge is 0.446 e. The van der Waals surface area contributed by atoms with Crippen molar-refractivity contribution in [2.45, 2.75) is 51.4 Å². The van der Waals surface area contributed by atoms with Crippen molar-refractivity contribution in [2.75, 3.05) is 0 Å². The third kappa shape index (κ3) is 2.15. The monoisotopic (exact) mass is 366 g/mol. The molecule has 5 heteroatoms. The van der Waals surface area contributed by atoms with Gasteiger partial charge in [0.2, 0.25) is 0 Å². The van der Waals surface area contributed by atoms with Crippen LogP contribution >= 0.6 is 0 Å². The van der Waals surface area contributed by atoms with Gasteiger partial charge in [-0.3, -0.25) is 9.69 Å². The molecule has 0 aliphatic carbocycles. The third-order valence-electron chi connectivity index (χ3n) is 7.29. The molecule has 4 bridgehead atoms. The van der Waals surface area contributed by atoms with Crippen LogP contribution in [0.3, 0.4) is 0 Å². The highest BCUT2D eigenvalue weighted by molar-refractivity contribution is 5.86. The van der Waals surface area contributed by atoms with Gasteiger partial charge in [-0.05, 0) is 36.8 Å². The van der Waals surface area contributed by atoms with Crippen LogP contribution in [0.25, 0.3) is 10.9 Å². The molecule has 142 valence electrons. The van der Waals surface area contributed by atoms with Gasteiger partial charge >= 0.3 is 5.97 Å². The molecule has 0 saturated carbocycles. The standard InChI is InChI=1S/C22H26N2O3/c1-4-13-15-9-20-21-16(14-7-5-6-8-18(14)23(21)3)10-19(17(15)11-25)24(20)22(13)27-12(2)26/h5-8,11,13,15,17,19-20,22H,4,9-10H2,1-3H3/t13-,15-,17+,19-,20-,22+/m0/s1. The summed E-state index contributed by atoms with van der Waals surface area (Å²) in [6.07, 6.45) is 3.68. The highest BCUT2D eigenvalue weighted by atomic mass is 16.6. The minimum absolute atomic E-state index is 0.0186. The minimum atomic E-state index is -0.232. The summed E-state index contributed by atoms with van der Waals surface area (Å²) in [6, 6.07) is 8.86. The number of para-hydroxylation sites is 1. The molecule has 1 aromatic heterocycles. The lowest BCUT2D eigenvalue weighted by Gasteiger charge is -2.62. The Labute approximate surface area is 159 Å². The average Bonchev–Trinajstić information content (AvgIpc) is 2.94. The number of carbonyl (C=O) groups is 2. The van der Waals surface area contributed by atoms with E-state index in [0.717, 1.165) is 19.3 Å². The maximum atomic E-state index is 12.1. The number of nitrogens with zero attached hydrogens (tertiary/aromatic N) is 2. The Morgan fingerprint density at radius 3 is 2.81 bits per heavy atom. The molecule has 4 aliphatic heterocycles. The van der Waals surface area contributed by atoms with Crippen LogP contribution in [-0.4, -0.2) is 34.0 Å². The molecular formula is C22H26N2O3. The lowest BCUT2D eigenvalue weighted by atomic mass is 9.61. The van der Waals surface area contributed by atoms with Crippen molar-refractivity contribution in [1.82, 2.24) is 9.47 Å². The second kappa shape index (κ2) is 5.93. The number of aldehydes is 1. The molecule has 3 fully saturated rings. The first-order chi connectivity index (χ1) is 13.1. The summed E-state index contributed by atoms with van der Waals surface area (Å²) in [5, 5.41) is 1.30. The molecule has 1 unspecified atom stereocenters. The van der Waals surface area contributed by atoms with E-state index in [1.807, 2.05) is 0 Å². The van der Waals surface area contributed by atoms with Crippen molar-refractivity contribution in [3.05, 3.63) is 35.5 Å². The molecule has 7 atom stereocenters. The summed E-state index contributed by atoms with van der Waals surface area (Å²) >= 11 is 0. The van der Waals surface area contributed by atoms with Crippen molar-refractivity contribution in [3.8, 4) is 0 Å². The van der Waals surface area contributed by atoms with Crippen LogP contribution in [0.1, 0.15) is 44.0 Å². The predicted molar refractivity (Wildman–Crippen MR) is 102 cm³/mol. The van der Waals surface area contributed by atoms with Gasteiger partial charge in [-0.1, -0.05) is 25.1 Å². The predicted octanol–water partition coefficient (Wildman–Crippen LogP) is 3.21. The topological polar surface area (TPSA) is 51.5 Å². The van der Waals surface area contributed by atoms with Crippen LogP contribution in [-0.2, 0) is 27.8 Å². The Morgan fingerprint density at radius 1 is 1.33 bits per heavy atom. The smallest absolute Gasteiger partial charge is 0.304 e. The summed E-state index contributed by atoms with van der Waals surface area (Å²) in [6.45, 7) is 3.63. The Hall–Kier alpha value is -2.14. The number of carbonyl (C=O) groups excluding carboxylic acids is 2. The minimum Gasteiger partial charge on any atom is -0.446 e. The van der Waals surface area contributed by atoms with E-state index < -0.39 is 0 Å². The molecule has 6 rings (SSSR count). The van der Waals surface area contributed by atoms with E-state index >= 15 is 0 Å². The van der Waals surface area contributed by atoms with Crippen LogP contribution in [0.15, 0.2) is 24.3 Å². The van der Waals surface area contributed by atoms with E-state index in [1.165, 1.54) is 35.4 Å². The van der Waals surface area contributed by atoms with E-state index in [1.54, 1.807) is 0 Å². The third-order valence-corrected chi connectivity index (χ3v) is 7.29. The first kappa shape index (κ1) is 17.0. The van der Waals surface area contributed by atoms with Gasteiger partial charge in [-0.15, -0.1) is 0 Å². The fraction of sp³-hybridized carbons (Fsp3) is 0.545. The molecule has 2 aromatic rings. The number of piperidine rings is 3. The summed E-state index contributed by atoms with van der Waals surface area (Å²) in [7, 11) is 2.14. The van der Waals surface area contributed by atoms with E-state index in [-0.39, 0.29) is 42.0 Å². The van der Waals surface area contributed by atoms with Gasteiger partial charge in [0.25, 0.3) is 0 Å². The van der Waals surface area contributed by atoms with Crippen molar-refractivity contribution >= 4 is 23.2 Å². The molecule has 1 aromatic carbocycles. The first-order valence-corrected chi connectivity index (χ1v) is 10.0. The van der Waals surface area contributed by atoms with Gasteiger partial charge in [0.05, 0.1) is 6.04 Å². The van der Waals surface area contributed by atoms with Gasteiger partial charge in [0, 0.05) is 48.4 Å². The average molecular weight is 366 g/mol. The molecule has 4 aliphatic rings. The maximum absolute atomic E-state index is 12.1. The van der Waals surface area contributed by atoms with E-state index in [9.17, 15) is 9.59 Å². The number of hydrogen-bond donors (Lipinski definition) is 0. The molecule has 0 spiro atoms. The molecule has 3 saturated heterocycles. The molecule has 0 N–H and O–H groups in total. The highest BCUT2D eigenvalue weighted by Gasteiger charge is 2.60. The molecular weight excluding hydrogens is 340 g/mol. The number of benzene rings is 1. The van der Waals surface area contributed by atoms with E-state index in [0.29, 0.717) is 0 Å². The second-order valence-electron chi connectivity index (χ2n) is 8.36. The van der Waals surface area contributed by atoms with Crippen LogP contribution in [0.5, 0.6) is 0 Å². The Bertz CT molecular complexity index is 933. The number of rotatable bonds is 3. The first-order valence-electron chi connectivity index (χ1n) is 10.0. The van der Waals surface area contributed by atoms with Crippen molar-refractivity contribution in [1.29, 1.82) is 0 Å². The van der Waals surface area contributed by atoms with Crippen LogP contribution in [0, 0.1) is 17.8 Å². The normalized spacial score (nSPS) is 36.5. The second-order valence-corrected chi connectivity index (χ2v) is 8.36. The molecule has 27 heavy (non-hydrogen) atoms. The molecule has 5 heterocycles. The SMILES string of the molecule is CC[C@H]1[C@@H]2C[C@H]3c4c(c5ccccc5n4C)C[C@@H]([C@@H]2C=O)N3[C@@H]1OC(C)=O. The van der Waals surface area contributed by atoms with Crippen LogP contribution in [0.2, 0.25) is 0 Å². The molecule has 0 amide bonds. The zero-order valence-electron chi connectivity index (χ0n) is 16.1. The fourth-order valence-electron chi connectivity index (χ4n) is 6.36. The summed E-state index contributed by atoms with van der Waals surface area (Å²) < 4.78 is 8.16. The number of esters is 1.